The van der Waals surface area contributed by atoms with Gasteiger partial charge in [-0.05, 0) is 18.6 Å². The minimum absolute atomic E-state index is 0.306. The third-order valence-corrected chi connectivity index (χ3v) is 2.91. The molecule has 0 aromatic carbocycles. The normalized spacial score (nSPS) is 23.4. The number of rotatable bonds is 3. The Bertz CT molecular complexity index is 407. The molecule has 2 rings (SSSR count). The highest BCUT2D eigenvalue weighted by Crippen LogP contribution is 2.24. The summed E-state index contributed by atoms with van der Waals surface area (Å²) in [5, 5.41) is 0. The SMILES string of the molecule is COC(=O)N1C(=O)C(N)C1CCc1ccco1. The lowest BCUT2D eigenvalue weighted by atomic mass is 9.92. The van der Waals surface area contributed by atoms with E-state index in [4.69, 9.17) is 10.2 Å². The van der Waals surface area contributed by atoms with Crippen molar-refractivity contribution in [3.05, 3.63) is 24.2 Å². The molecule has 2 amide bonds. The first-order valence-electron chi connectivity index (χ1n) is 5.34. The number of aryl methyl sites for hydroxylation is 1. The molecule has 2 unspecified atom stereocenters. The number of likely N-dealkylation sites (tertiary alicyclic amines) is 1. The Hall–Kier alpha value is -1.82. The van der Waals surface area contributed by atoms with Crippen LogP contribution in [-0.2, 0) is 16.0 Å². The first-order valence-corrected chi connectivity index (χ1v) is 5.34. The van der Waals surface area contributed by atoms with Crippen molar-refractivity contribution >= 4 is 12.0 Å². The summed E-state index contributed by atoms with van der Waals surface area (Å²) in [6.07, 6.45) is 2.14. The number of amides is 2. The lowest BCUT2D eigenvalue weighted by Crippen LogP contribution is -2.70. The molecular weight excluding hydrogens is 224 g/mol. The number of β-lactam (4-membered cyclic amide) rings is 1. The Kier molecular flexibility index (Phi) is 3.14. The summed E-state index contributed by atoms with van der Waals surface area (Å²) in [6, 6.07) is 2.71. The molecule has 0 spiro atoms. The predicted molar refractivity (Wildman–Crippen MR) is 58.0 cm³/mol. The van der Waals surface area contributed by atoms with Gasteiger partial charge in [-0.15, -0.1) is 0 Å². The molecule has 1 aliphatic heterocycles. The maximum atomic E-state index is 11.4. The molecule has 92 valence electrons. The van der Waals surface area contributed by atoms with E-state index in [9.17, 15) is 9.59 Å². The fourth-order valence-electron chi connectivity index (χ4n) is 1.94. The fraction of sp³-hybridized carbons (Fsp3) is 0.455. The standard InChI is InChI=1S/C11H14N2O4/c1-16-11(15)13-8(9(12)10(13)14)5-4-7-3-2-6-17-7/h2-3,6,8-9H,4-5,12H2,1H3. The van der Waals surface area contributed by atoms with Gasteiger partial charge in [-0.25, -0.2) is 9.69 Å². The van der Waals surface area contributed by atoms with Crippen molar-refractivity contribution in [2.75, 3.05) is 7.11 Å². The Labute approximate surface area is 98.3 Å². The third-order valence-electron chi connectivity index (χ3n) is 2.91. The van der Waals surface area contributed by atoms with Crippen LogP contribution in [0.5, 0.6) is 0 Å². The van der Waals surface area contributed by atoms with Gasteiger partial charge >= 0.3 is 6.09 Å². The van der Waals surface area contributed by atoms with Gasteiger partial charge in [0.15, 0.2) is 0 Å². The summed E-state index contributed by atoms with van der Waals surface area (Å²) in [6.45, 7) is 0. The number of carbonyl (C=O) groups is 2. The highest BCUT2D eigenvalue weighted by molar-refractivity contribution is 6.01. The fourth-order valence-corrected chi connectivity index (χ4v) is 1.94. The zero-order valence-electron chi connectivity index (χ0n) is 9.46. The number of ether oxygens (including phenoxy) is 1. The number of carbonyl (C=O) groups excluding carboxylic acids is 2. The second-order valence-corrected chi connectivity index (χ2v) is 3.89. The Morgan fingerprint density at radius 3 is 3.00 bits per heavy atom. The van der Waals surface area contributed by atoms with Gasteiger partial charge in [-0.2, -0.15) is 0 Å². The number of methoxy groups -OCH3 is 1. The lowest BCUT2D eigenvalue weighted by molar-refractivity contribution is -0.145. The minimum Gasteiger partial charge on any atom is -0.469 e. The van der Waals surface area contributed by atoms with Gasteiger partial charge in [0.25, 0.3) is 5.91 Å². The highest BCUT2D eigenvalue weighted by Gasteiger charge is 2.48. The number of furan rings is 1. The number of imide groups is 1. The van der Waals surface area contributed by atoms with Crippen LogP contribution in [0.25, 0.3) is 0 Å². The molecule has 2 N–H and O–H groups in total. The first kappa shape index (κ1) is 11.7. The van der Waals surface area contributed by atoms with Crippen molar-refractivity contribution in [3.63, 3.8) is 0 Å². The van der Waals surface area contributed by atoms with Crippen molar-refractivity contribution in [1.29, 1.82) is 0 Å². The van der Waals surface area contributed by atoms with E-state index in [2.05, 4.69) is 4.74 Å². The second kappa shape index (κ2) is 4.58. The molecule has 6 heteroatoms. The molecule has 6 nitrogen and oxygen atoms in total. The molecule has 1 aromatic heterocycles. The smallest absolute Gasteiger partial charge is 0.416 e. The van der Waals surface area contributed by atoms with E-state index in [-0.39, 0.29) is 11.9 Å². The zero-order chi connectivity index (χ0) is 12.4. The Morgan fingerprint density at radius 2 is 2.41 bits per heavy atom. The van der Waals surface area contributed by atoms with Crippen molar-refractivity contribution in [2.45, 2.75) is 24.9 Å². The van der Waals surface area contributed by atoms with E-state index in [1.165, 1.54) is 7.11 Å². The maximum Gasteiger partial charge on any atom is 0.416 e. The predicted octanol–water partition coefficient (Wildman–Crippen LogP) is 0.517. The summed E-state index contributed by atoms with van der Waals surface area (Å²) in [5.41, 5.74) is 5.66. The largest absolute Gasteiger partial charge is 0.469 e. The highest BCUT2D eigenvalue weighted by atomic mass is 16.5. The van der Waals surface area contributed by atoms with E-state index >= 15 is 0 Å². The van der Waals surface area contributed by atoms with Gasteiger partial charge in [0, 0.05) is 6.42 Å². The van der Waals surface area contributed by atoms with Gasteiger partial charge in [0.05, 0.1) is 19.4 Å². The molecule has 1 saturated heterocycles. The summed E-state index contributed by atoms with van der Waals surface area (Å²) in [7, 11) is 1.24. The van der Waals surface area contributed by atoms with Crippen LogP contribution in [-0.4, -0.2) is 36.1 Å². The molecule has 17 heavy (non-hydrogen) atoms. The molecule has 2 atom stereocenters. The molecular formula is C11H14N2O4. The van der Waals surface area contributed by atoms with Crippen molar-refractivity contribution in [1.82, 2.24) is 4.90 Å². The van der Waals surface area contributed by atoms with Gasteiger partial charge in [-0.3, -0.25) is 4.79 Å². The second-order valence-electron chi connectivity index (χ2n) is 3.89. The average Bonchev–Trinajstić information content (AvgIpc) is 2.85. The van der Waals surface area contributed by atoms with E-state index < -0.39 is 12.1 Å². The monoisotopic (exact) mass is 238 g/mol. The number of hydrogen-bond acceptors (Lipinski definition) is 5. The topological polar surface area (TPSA) is 85.8 Å². The number of nitrogens with zero attached hydrogens (tertiary/aromatic N) is 1. The zero-order valence-corrected chi connectivity index (χ0v) is 9.46. The summed E-state index contributed by atoms with van der Waals surface area (Å²) in [4.78, 5) is 23.8. The molecule has 0 saturated carbocycles. The molecule has 0 bridgehead atoms. The van der Waals surface area contributed by atoms with Crippen molar-refractivity contribution in [3.8, 4) is 0 Å². The molecule has 1 aromatic rings. The maximum absolute atomic E-state index is 11.4. The summed E-state index contributed by atoms with van der Waals surface area (Å²) in [5.74, 6) is 0.419. The minimum atomic E-state index is -0.652. The molecule has 0 aliphatic carbocycles. The lowest BCUT2D eigenvalue weighted by Gasteiger charge is -2.42. The molecule has 1 aliphatic rings. The summed E-state index contributed by atoms with van der Waals surface area (Å²) < 4.78 is 9.70. The molecule has 2 heterocycles. The van der Waals surface area contributed by atoms with E-state index in [1.807, 2.05) is 6.07 Å². The van der Waals surface area contributed by atoms with E-state index in [1.54, 1.807) is 12.3 Å². The van der Waals surface area contributed by atoms with E-state index in [0.717, 1.165) is 10.7 Å². The van der Waals surface area contributed by atoms with E-state index in [0.29, 0.717) is 12.8 Å². The van der Waals surface area contributed by atoms with Crippen molar-refractivity contribution < 1.29 is 18.7 Å². The number of hydrogen-bond donors (Lipinski definition) is 1. The van der Waals surface area contributed by atoms with Crippen LogP contribution in [0.3, 0.4) is 0 Å². The van der Waals surface area contributed by atoms with Gasteiger partial charge in [0.1, 0.15) is 11.8 Å². The first-order chi connectivity index (χ1) is 8.15. The average molecular weight is 238 g/mol. The van der Waals surface area contributed by atoms with Gasteiger partial charge in [0.2, 0.25) is 0 Å². The van der Waals surface area contributed by atoms with Crippen LogP contribution in [0, 0.1) is 0 Å². The van der Waals surface area contributed by atoms with Crippen LogP contribution in [0.2, 0.25) is 0 Å². The van der Waals surface area contributed by atoms with Crippen LogP contribution in [0.4, 0.5) is 4.79 Å². The van der Waals surface area contributed by atoms with Gasteiger partial charge < -0.3 is 14.9 Å². The molecule has 1 fully saturated rings. The quantitative estimate of drug-likeness (QED) is 0.776. The summed E-state index contributed by atoms with van der Waals surface area (Å²) >= 11 is 0. The van der Waals surface area contributed by atoms with Crippen LogP contribution in [0.1, 0.15) is 12.2 Å². The van der Waals surface area contributed by atoms with Crippen molar-refractivity contribution in [2.24, 2.45) is 5.73 Å². The number of nitrogens with two attached hydrogens (primary N) is 1. The van der Waals surface area contributed by atoms with Crippen LogP contribution in [0.15, 0.2) is 22.8 Å². The third kappa shape index (κ3) is 2.03. The molecule has 0 radical (unpaired) electrons. The Balaban J connectivity index is 1.95. The van der Waals surface area contributed by atoms with Crippen LogP contribution >= 0.6 is 0 Å². The Morgan fingerprint density at radius 1 is 1.65 bits per heavy atom. The van der Waals surface area contributed by atoms with Gasteiger partial charge in [-0.1, -0.05) is 0 Å². The van der Waals surface area contributed by atoms with Crippen LogP contribution < -0.4 is 5.73 Å².